The first kappa shape index (κ1) is 11.9. The molecule has 4 nitrogen and oxygen atoms in total. The van der Waals surface area contributed by atoms with Gasteiger partial charge in [-0.1, -0.05) is 6.92 Å². The minimum absolute atomic E-state index is 0.252. The fourth-order valence-corrected chi connectivity index (χ4v) is 2.20. The maximum atomic E-state index is 8.98. The van der Waals surface area contributed by atoms with Crippen molar-refractivity contribution in [3.05, 3.63) is 23.9 Å². The van der Waals surface area contributed by atoms with Crippen LogP contribution >= 0.6 is 0 Å². The van der Waals surface area contributed by atoms with Gasteiger partial charge in [-0.25, -0.2) is 4.98 Å². The second-order valence-corrected chi connectivity index (χ2v) is 4.96. The summed E-state index contributed by atoms with van der Waals surface area (Å²) in [6.07, 6.45) is 4.14. The van der Waals surface area contributed by atoms with E-state index in [2.05, 4.69) is 28.6 Å². The predicted octanol–water partition coefficient (Wildman–Crippen LogP) is 1.75. The van der Waals surface area contributed by atoms with Crippen LogP contribution in [0.25, 0.3) is 0 Å². The standard InChI is InChI=1S/C13H18N4/c1-13(5-3-6-15-9-13)10-17-12-11(8-14)4-2-7-16-12/h2,4,7,15H,3,5-6,9-10H2,1H3,(H,16,17). The minimum atomic E-state index is 0.252. The molecule has 0 radical (unpaired) electrons. The lowest BCUT2D eigenvalue weighted by atomic mass is 9.83. The highest BCUT2D eigenvalue weighted by molar-refractivity contribution is 5.51. The average molecular weight is 230 g/mol. The molecule has 0 spiro atoms. The van der Waals surface area contributed by atoms with Gasteiger partial charge in [0, 0.05) is 19.3 Å². The largest absolute Gasteiger partial charge is 0.368 e. The predicted molar refractivity (Wildman–Crippen MR) is 67.7 cm³/mol. The van der Waals surface area contributed by atoms with Crippen molar-refractivity contribution in [3.8, 4) is 6.07 Å². The molecule has 0 bridgehead atoms. The van der Waals surface area contributed by atoms with E-state index in [0.717, 1.165) is 19.6 Å². The van der Waals surface area contributed by atoms with Crippen molar-refractivity contribution in [2.75, 3.05) is 25.0 Å². The van der Waals surface area contributed by atoms with E-state index in [-0.39, 0.29) is 5.41 Å². The first-order chi connectivity index (χ1) is 8.23. The number of pyridine rings is 1. The summed E-state index contributed by atoms with van der Waals surface area (Å²) in [6, 6.07) is 5.73. The van der Waals surface area contributed by atoms with Crippen molar-refractivity contribution >= 4 is 5.82 Å². The summed E-state index contributed by atoms with van der Waals surface area (Å²) in [7, 11) is 0. The van der Waals surface area contributed by atoms with Gasteiger partial charge in [-0.05, 0) is 36.9 Å². The number of piperidine rings is 1. The van der Waals surface area contributed by atoms with Crippen molar-refractivity contribution in [1.82, 2.24) is 10.3 Å². The van der Waals surface area contributed by atoms with Crippen LogP contribution in [-0.4, -0.2) is 24.6 Å². The van der Waals surface area contributed by atoms with Crippen LogP contribution in [0.2, 0.25) is 0 Å². The van der Waals surface area contributed by atoms with Gasteiger partial charge >= 0.3 is 0 Å². The number of anilines is 1. The molecule has 2 heterocycles. The van der Waals surface area contributed by atoms with Crippen LogP contribution in [-0.2, 0) is 0 Å². The molecule has 0 aromatic carbocycles. The van der Waals surface area contributed by atoms with Gasteiger partial charge in [-0.2, -0.15) is 5.26 Å². The van der Waals surface area contributed by atoms with E-state index in [1.54, 1.807) is 18.3 Å². The lowest BCUT2D eigenvalue weighted by molar-refractivity contribution is 0.253. The first-order valence-corrected chi connectivity index (χ1v) is 6.03. The molecule has 1 aliphatic heterocycles. The van der Waals surface area contributed by atoms with Crippen molar-refractivity contribution < 1.29 is 0 Å². The van der Waals surface area contributed by atoms with Gasteiger partial charge in [-0.3, -0.25) is 0 Å². The van der Waals surface area contributed by atoms with Crippen LogP contribution in [0.3, 0.4) is 0 Å². The Morgan fingerprint density at radius 1 is 1.65 bits per heavy atom. The lowest BCUT2D eigenvalue weighted by Crippen LogP contribution is -2.42. The van der Waals surface area contributed by atoms with E-state index in [0.29, 0.717) is 11.4 Å². The Morgan fingerprint density at radius 2 is 2.53 bits per heavy atom. The van der Waals surface area contributed by atoms with Gasteiger partial charge in [0.15, 0.2) is 0 Å². The molecule has 4 heteroatoms. The van der Waals surface area contributed by atoms with Crippen molar-refractivity contribution in [1.29, 1.82) is 5.26 Å². The summed E-state index contributed by atoms with van der Waals surface area (Å²) < 4.78 is 0. The Morgan fingerprint density at radius 3 is 3.24 bits per heavy atom. The van der Waals surface area contributed by atoms with Crippen LogP contribution in [0, 0.1) is 16.7 Å². The molecule has 1 unspecified atom stereocenters. The number of hydrogen-bond donors (Lipinski definition) is 2. The molecule has 1 aliphatic rings. The summed E-state index contributed by atoms with van der Waals surface area (Å²) in [4.78, 5) is 4.21. The zero-order valence-electron chi connectivity index (χ0n) is 10.2. The fourth-order valence-electron chi connectivity index (χ4n) is 2.20. The van der Waals surface area contributed by atoms with Gasteiger partial charge < -0.3 is 10.6 Å². The third-order valence-electron chi connectivity index (χ3n) is 3.30. The zero-order valence-corrected chi connectivity index (χ0v) is 10.2. The molecule has 90 valence electrons. The molecule has 1 aromatic rings. The van der Waals surface area contributed by atoms with Crippen LogP contribution in [0.1, 0.15) is 25.3 Å². The number of nitrogens with one attached hydrogen (secondary N) is 2. The highest BCUT2D eigenvalue weighted by Crippen LogP contribution is 2.25. The Bertz CT molecular complexity index is 416. The van der Waals surface area contributed by atoms with E-state index in [4.69, 9.17) is 5.26 Å². The molecule has 0 amide bonds. The second-order valence-electron chi connectivity index (χ2n) is 4.96. The third-order valence-corrected chi connectivity index (χ3v) is 3.30. The van der Waals surface area contributed by atoms with E-state index in [9.17, 15) is 0 Å². The molecule has 0 saturated carbocycles. The molecular weight excluding hydrogens is 212 g/mol. The molecule has 1 aromatic heterocycles. The number of nitriles is 1. The van der Waals surface area contributed by atoms with E-state index in [1.807, 2.05) is 0 Å². The summed E-state index contributed by atoms with van der Waals surface area (Å²) in [5, 5.41) is 15.7. The summed E-state index contributed by atoms with van der Waals surface area (Å²) >= 11 is 0. The number of hydrogen-bond acceptors (Lipinski definition) is 4. The highest BCUT2D eigenvalue weighted by atomic mass is 15.0. The zero-order chi connectivity index (χ0) is 12.1. The fraction of sp³-hybridized carbons (Fsp3) is 0.538. The summed E-state index contributed by atoms with van der Waals surface area (Å²) in [5.74, 6) is 0.696. The maximum absolute atomic E-state index is 8.98. The normalized spacial score (nSPS) is 24.0. The smallest absolute Gasteiger partial charge is 0.143 e. The monoisotopic (exact) mass is 230 g/mol. The third kappa shape index (κ3) is 2.95. The van der Waals surface area contributed by atoms with Gasteiger partial charge in [0.2, 0.25) is 0 Å². The maximum Gasteiger partial charge on any atom is 0.143 e. The van der Waals surface area contributed by atoms with E-state index in [1.165, 1.54) is 12.8 Å². The van der Waals surface area contributed by atoms with Crippen LogP contribution in [0.5, 0.6) is 0 Å². The topological polar surface area (TPSA) is 60.7 Å². The molecular formula is C13H18N4. The number of aromatic nitrogens is 1. The molecule has 1 saturated heterocycles. The van der Waals surface area contributed by atoms with Crippen LogP contribution in [0.15, 0.2) is 18.3 Å². The first-order valence-electron chi connectivity index (χ1n) is 6.03. The average Bonchev–Trinajstić information content (AvgIpc) is 2.38. The molecule has 17 heavy (non-hydrogen) atoms. The van der Waals surface area contributed by atoms with E-state index >= 15 is 0 Å². The Hall–Kier alpha value is -1.60. The quantitative estimate of drug-likeness (QED) is 0.830. The Balaban J connectivity index is 2.00. The lowest BCUT2D eigenvalue weighted by Gasteiger charge is -2.34. The van der Waals surface area contributed by atoms with Crippen molar-refractivity contribution in [3.63, 3.8) is 0 Å². The molecule has 1 atom stereocenters. The van der Waals surface area contributed by atoms with Crippen molar-refractivity contribution in [2.24, 2.45) is 5.41 Å². The van der Waals surface area contributed by atoms with Gasteiger partial charge in [0.1, 0.15) is 11.9 Å². The van der Waals surface area contributed by atoms with Crippen LogP contribution < -0.4 is 10.6 Å². The number of rotatable bonds is 3. The molecule has 1 fully saturated rings. The SMILES string of the molecule is CC1(CNc2ncccc2C#N)CCCNC1. The number of nitrogens with zero attached hydrogens (tertiary/aromatic N) is 2. The van der Waals surface area contributed by atoms with Gasteiger partial charge in [-0.15, -0.1) is 0 Å². The van der Waals surface area contributed by atoms with Crippen LogP contribution in [0.4, 0.5) is 5.82 Å². The Kier molecular flexibility index (Phi) is 3.60. The van der Waals surface area contributed by atoms with Gasteiger partial charge in [0.05, 0.1) is 5.56 Å². The van der Waals surface area contributed by atoms with Gasteiger partial charge in [0.25, 0.3) is 0 Å². The van der Waals surface area contributed by atoms with E-state index < -0.39 is 0 Å². The second kappa shape index (κ2) is 5.15. The minimum Gasteiger partial charge on any atom is -0.368 e. The molecule has 0 aliphatic carbocycles. The summed E-state index contributed by atoms with van der Waals surface area (Å²) in [6.45, 7) is 5.25. The molecule has 2 rings (SSSR count). The highest BCUT2D eigenvalue weighted by Gasteiger charge is 2.26. The molecule has 2 N–H and O–H groups in total. The Labute approximate surface area is 102 Å². The summed E-state index contributed by atoms with van der Waals surface area (Å²) in [5.41, 5.74) is 0.863. The van der Waals surface area contributed by atoms with Crippen molar-refractivity contribution in [2.45, 2.75) is 19.8 Å².